The van der Waals surface area contributed by atoms with Gasteiger partial charge in [0.25, 0.3) is 0 Å². The Morgan fingerprint density at radius 3 is 1.23 bits per heavy atom. The molecule has 0 atom stereocenters. The lowest BCUT2D eigenvalue weighted by Gasteiger charge is -2.03. The van der Waals surface area contributed by atoms with Crippen LogP contribution in [0.25, 0.3) is 0 Å². The van der Waals surface area contributed by atoms with Crippen LogP contribution in [0.3, 0.4) is 0 Å². The van der Waals surface area contributed by atoms with Crippen LogP contribution in [0, 0.1) is 11.3 Å². The summed E-state index contributed by atoms with van der Waals surface area (Å²) in [6.45, 7) is 6.81. The Bertz CT molecular complexity index is 653. The van der Waals surface area contributed by atoms with Crippen molar-refractivity contribution in [3.8, 4) is 6.07 Å². The van der Waals surface area contributed by atoms with Crippen molar-refractivity contribution >= 4 is 94.1 Å². The molecule has 2 heterocycles. The number of thioether (sulfide) groups is 8. The van der Waals surface area contributed by atoms with Gasteiger partial charge in [0.05, 0.1) is 31.5 Å². The van der Waals surface area contributed by atoms with Crippen molar-refractivity contribution < 1.29 is 0 Å². The first-order valence-electron chi connectivity index (χ1n) is 10.6. The van der Waals surface area contributed by atoms with Crippen LogP contribution in [0.2, 0.25) is 0 Å². The minimum atomic E-state index is 0.625. The van der Waals surface area contributed by atoms with E-state index in [2.05, 4.69) is 50.4 Å². The van der Waals surface area contributed by atoms with Crippen molar-refractivity contribution in [3.05, 3.63) is 25.4 Å². The molecule has 0 saturated carbocycles. The van der Waals surface area contributed by atoms with Gasteiger partial charge in [-0.05, 0) is 36.5 Å². The summed E-state index contributed by atoms with van der Waals surface area (Å²) < 4.78 is 8.89. The lowest BCUT2D eigenvalue weighted by atomic mass is 10.4. The molecule has 0 saturated heterocycles. The molecule has 0 radical (unpaired) electrons. The number of nitriles is 1. The molecule has 0 aromatic rings. The molecule has 2 aliphatic rings. The molecule has 0 unspecified atom stereocenters. The Labute approximate surface area is 217 Å². The molecule has 0 N–H and O–H groups in total. The smallest absolute Gasteiger partial charge is 0.0717 e. The van der Waals surface area contributed by atoms with Gasteiger partial charge in [-0.15, -0.1) is 47.0 Å². The van der Waals surface area contributed by atoms with Crippen LogP contribution in [-0.4, -0.2) is 23.0 Å². The summed E-state index contributed by atoms with van der Waals surface area (Å²) in [6, 6.07) is 2.29. The summed E-state index contributed by atoms with van der Waals surface area (Å²) >= 11 is 16.0. The van der Waals surface area contributed by atoms with Crippen molar-refractivity contribution in [2.24, 2.45) is 0 Å². The largest absolute Gasteiger partial charge is 0.198 e. The Morgan fingerprint density at radius 2 is 0.933 bits per heavy atom. The van der Waals surface area contributed by atoms with Crippen molar-refractivity contribution in [2.75, 3.05) is 23.0 Å². The van der Waals surface area contributed by atoms with Gasteiger partial charge in [0, 0.05) is 12.2 Å². The normalized spacial score (nSPS) is 16.9. The van der Waals surface area contributed by atoms with Gasteiger partial charge in [-0.1, -0.05) is 87.1 Å². The predicted molar refractivity (Wildman–Crippen MR) is 156 cm³/mol. The summed E-state index contributed by atoms with van der Waals surface area (Å²) in [5.41, 5.74) is 0. The third kappa shape index (κ3) is 9.79. The Balaban J connectivity index is 2.06. The first kappa shape index (κ1) is 27.8. The third-order valence-corrected chi connectivity index (χ3v) is 15.7. The monoisotopic (exact) mass is 553 g/mol. The second-order valence-electron chi connectivity index (χ2n) is 6.50. The molecule has 0 spiro atoms. The van der Waals surface area contributed by atoms with Gasteiger partial charge in [-0.25, -0.2) is 0 Å². The second kappa shape index (κ2) is 17.0. The second-order valence-corrected chi connectivity index (χ2v) is 16.5. The average molecular weight is 554 g/mol. The van der Waals surface area contributed by atoms with E-state index in [0.29, 0.717) is 6.42 Å². The lowest BCUT2D eigenvalue weighted by Crippen LogP contribution is -1.80. The fraction of sp³-hybridized carbons (Fsp3) is 0.667. The van der Waals surface area contributed by atoms with E-state index in [0.717, 1.165) is 5.75 Å². The number of unbranched alkanes of at least 4 members (excludes halogenated alkanes) is 3. The maximum absolute atomic E-state index is 8.92. The average Bonchev–Trinajstić information content (AvgIpc) is 3.33. The maximum Gasteiger partial charge on any atom is 0.0717 e. The molecule has 9 heteroatoms. The minimum Gasteiger partial charge on any atom is -0.198 e. The summed E-state index contributed by atoms with van der Waals surface area (Å²) in [6.07, 6.45) is 8.25. The van der Waals surface area contributed by atoms with Gasteiger partial charge in [0.15, 0.2) is 0 Å². The lowest BCUT2D eigenvalue weighted by molar-refractivity contribution is 0.897. The van der Waals surface area contributed by atoms with Crippen molar-refractivity contribution in [3.63, 3.8) is 0 Å². The Morgan fingerprint density at radius 1 is 0.600 bits per heavy atom. The molecule has 0 amide bonds. The highest BCUT2D eigenvalue weighted by Crippen LogP contribution is 2.66. The third-order valence-electron chi connectivity index (χ3n) is 3.88. The Hall–Kier alpha value is 1.51. The van der Waals surface area contributed by atoms with E-state index in [1.165, 1.54) is 81.2 Å². The van der Waals surface area contributed by atoms with Gasteiger partial charge in [-0.2, -0.15) is 5.26 Å². The minimum absolute atomic E-state index is 0.625. The van der Waals surface area contributed by atoms with Crippen molar-refractivity contribution in [2.45, 2.75) is 65.7 Å². The van der Waals surface area contributed by atoms with Crippen LogP contribution in [0.5, 0.6) is 0 Å². The molecule has 0 aliphatic carbocycles. The fourth-order valence-electron chi connectivity index (χ4n) is 2.18. The van der Waals surface area contributed by atoms with Gasteiger partial charge in [0.2, 0.25) is 0 Å². The first-order chi connectivity index (χ1) is 14.7. The molecular weight excluding hydrogens is 523 g/mol. The van der Waals surface area contributed by atoms with Gasteiger partial charge < -0.3 is 0 Å². The van der Waals surface area contributed by atoms with E-state index in [9.17, 15) is 0 Å². The highest BCUT2D eigenvalue weighted by Gasteiger charge is 2.30. The molecule has 0 bridgehead atoms. The quantitative estimate of drug-likeness (QED) is 0.183. The van der Waals surface area contributed by atoms with Gasteiger partial charge in [0.1, 0.15) is 0 Å². The molecule has 30 heavy (non-hydrogen) atoms. The summed E-state index contributed by atoms with van der Waals surface area (Å²) in [7, 11) is 0. The zero-order chi connectivity index (χ0) is 21.6. The highest BCUT2D eigenvalue weighted by atomic mass is 32.3. The SMILES string of the molecule is CCCCSC1=C(SCCC#N)SC(=C2SC(SCCCC)=C(SCCCC)S2)S1. The number of nitrogens with zero attached hydrogens (tertiary/aromatic N) is 1. The summed E-state index contributed by atoms with van der Waals surface area (Å²) in [5.74, 6) is 4.55. The fourth-order valence-corrected chi connectivity index (χ4v) is 14.6. The zero-order valence-electron chi connectivity index (χ0n) is 18.0. The molecule has 0 aromatic heterocycles. The van der Waals surface area contributed by atoms with Gasteiger partial charge >= 0.3 is 0 Å². The Kier molecular flexibility index (Phi) is 15.7. The van der Waals surface area contributed by atoms with Crippen molar-refractivity contribution in [1.82, 2.24) is 0 Å². The van der Waals surface area contributed by atoms with Crippen LogP contribution in [0.15, 0.2) is 25.4 Å². The van der Waals surface area contributed by atoms with E-state index in [1.807, 2.05) is 70.6 Å². The maximum atomic E-state index is 8.92. The number of rotatable bonds is 15. The molecule has 2 aliphatic heterocycles. The van der Waals surface area contributed by atoms with E-state index in [1.54, 1.807) is 0 Å². The zero-order valence-corrected chi connectivity index (χ0v) is 24.5. The van der Waals surface area contributed by atoms with Crippen LogP contribution in [0.4, 0.5) is 0 Å². The van der Waals surface area contributed by atoms with Crippen LogP contribution < -0.4 is 0 Å². The molecule has 2 rings (SSSR count). The standard InChI is InChI=1S/C21H31NS8/c1-4-7-12-23-16-17(24-13-8-5-2)28-20(27-16)21-29-18(25-14-9-6-3)19(30-21)26-15-10-11-22/h4-10,12-15H2,1-3H3. The summed E-state index contributed by atoms with van der Waals surface area (Å²) in [5, 5.41) is 8.92. The van der Waals surface area contributed by atoms with E-state index in [4.69, 9.17) is 5.26 Å². The topological polar surface area (TPSA) is 23.8 Å². The molecule has 0 fully saturated rings. The molecular formula is C21H31NS8. The molecule has 168 valence electrons. The van der Waals surface area contributed by atoms with Crippen LogP contribution in [-0.2, 0) is 0 Å². The first-order valence-corrected chi connectivity index (χ1v) is 17.8. The van der Waals surface area contributed by atoms with Crippen LogP contribution in [0.1, 0.15) is 65.7 Å². The van der Waals surface area contributed by atoms with Gasteiger partial charge in [-0.3, -0.25) is 0 Å². The van der Waals surface area contributed by atoms with E-state index >= 15 is 0 Å². The predicted octanol–water partition coefficient (Wildman–Crippen LogP) is 10.6. The summed E-state index contributed by atoms with van der Waals surface area (Å²) in [4.78, 5) is 0. The number of hydrogen-bond acceptors (Lipinski definition) is 9. The number of hydrogen-bond donors (Lipinski definition) is 0. The van der Waals surface area contributed by atoms with E-state index in [-0.39, 0.29) is 0 Å². The molecule has 0 aromatic carbocycles. The van der Waals surface area contributed by atoms with E-state index < -0.39 is 0 Å². The van der Waals surface area contributed by atoms with Crippen LogP contribution >= 0.6 is 94.1 Å². The van der Waals surface area contributed by atoms with Crippen molar-refractivity contribution in [1.29, 1.82) is 5.26 Å². The highest BCUT2D eigenvalue weighted by molar-refractivity contribution is 8.45. The molecule has 1 nitrogen and oxygen atoms in total.